The van der Waals surface area contributed by atoms with Crippen molar-refractivity contribution in [1.29, 1.82) is 0 Å². The smallest absolute Gasteiger partial charge is 0.316 e. The van der Waals surface area contributed by atoms with E-state index in [1.165, 1.54) is 23.5 Å². The lowest BCUT2D eigenvalue weighted by atomic mass is 10.00. The van der Waals surface area contributed by atoms with Gasteiger partial charge in [-0.25, -0.2) is 0 Å². The largest absolute Gasteiger partial charge is 0.480 e. The SMILES string of the molecule is CC(SC1(SC(C)C(=O)O)CCCCC1)C(=O)O. The monoisotopic (exact) mass is 292 g/mol. The molecular weight excluding hydrogens is 272 g/mol. The quantitative estimate of drug-likeness (QED) is 0.733. The molecule has 1 fully saturated rings. The van der Waals surface area contributed by atoms with E-state index in [-0.39, 0.29) is 4.08 Å². The van der Waals surface area contributed by atoms with Crippen molar-refractivity contribution in [3.8, 4) is 0 Å². The molecule has 2 N–H and O–H groups in total. The van der Waals surface area contributed by atoms with Crippen LogP contribution in [-0.4, -0.2) is 36.7 Å². The third-order valence-corrected chi connectivity index (χ3v) is 6.46. The Bertz CT molecular complexity index is 289. The molecule has 0 amide bonds. The summed E-state index contributed by atoms with van der Waals surface area (Å²) in [6.45, 7) is 3.35. The van der Waals surface area contributed by atoms with Crippen LogP contribution in [0.5, 0.6) is 0 Å². The summed E-state index contributed by atoms with van der Waals surface area (Å²) in [5.41, 5.74) is 0. The molecule has 4 nitrogen and oxygen atoms in total. The van der Waals surface area contributed by atoms with Crippen molar-refractivity contribution in [3.63, 3.8) is 0 Å². The Morgan fingerprint density at radius 2 is 1.33 bits per heavy atom. The van der Waals surface area contributed by atoms with Crippen LogP contribution in [0.25, 0.3) is 0 Å². The molecule has 0 saturated heterocycles. The first-order chi connectivity index (χ1) is 8.36. The predicted octanol–water partition coefficient (Wildman–Crippen LogP) is 3.06. The van der Waals surface area contributed by atoms with Gasteiger partial charge in [-0.2, -0.15) is 0 Å². The van der Waals surface area contributed by atoms with Gasteiger partial charge in [-0.1, -0.05) is 19.3 Å². The highest BCUT2D eigenvalue weighted by atomic mass is 32.2. The zero-order valence-corrected chi connectivity index (χ0v) is 12.4. The lowest BCUT2D eigenvalue weighted by Gasteiger charge is -2.38. The third kappa shape index (κ3) is 4.39. The molecule has 1 aliphatic carbocycles. The van der Waals surface area contributed by atoms with E-state index in [1.807, 2.05) is 0 Å². The normalized spacial score (nSPS) is 22.1. The van der Waals surface area contributed by atoms with E-state index in [1.54, 1.807) is 13.8 Å². The molecule has 0 aromatic rings. The second-order valence-corrected chi connectivity index (χ2v) is 8.37. The third-order valence-electron chi connectivity index (χ3n) is 3.09. The van der Waals surface area contributed by atoms with Gasteiger partial charge in [0.05, 0.1) is 4.08 Å². The second-order valence-electron chi connectivity index (χ2n) is 4.67. The Morgan fingerprint density at radius 1 is 0.944 bits per heavy atom. The van der Waals surface area contributed by atoms with Crippen molar-refractivity contribution in [2.24, 2.45) is 0 Å². The molecule has 6 heteroatoms. The van der Waals surface area contributed by atoms with Gasteiger partial charge in [0.25, 0.3) is 0 Å². The molecule has 1 rings (SSSR count). The summed E-state index contributed by atoms with van der Waals surface area (Å²) in [5, 5.41) is 17.1. The number of aliphatic carboxylic acids is 2. The number of thioether (sulfide) groups is 2. The molecule has 0 radical (unpaired) electrons. The Kier molecular flexibility index (Phi) is 5.85. The van der Waals surface area contributed by atoms with Crippen molar-refractivity contribution in [1.82, 2.24) is 0 Å². The average molecular weight is 292 g/mol. The molecule has 2 atom stereocenters. The molecule has 0 aromatic carbocycles. The van der Waals surface area contributed by atoms with Gasteiger partial charge < -0.3 is 10.2 Å². The average Bonchev–Trinajstić information content (AvgIpc) is 2.29. The van der Waals surface area contributed by atoms with Gasteiger partial charge >= 0.3 is 11.9 Å². The van der Waals surface area contributed by atoms with Crippen molar-refractivity contribution in [2.45, 2.75) is 60.5 Å². The molecule has 0 heterocycles. The summed E-state index contributed by atoms with van der Waals surface area (Å²) in [4.78, 5) is 22.0. The number of carboxylic acids is 2. The number of rotatable bonds is 6. The summed E-state index contributed by atoms with van der Waals surface area (Å²) in [6.07, 6.45) is 5.07. The van der Waals surface area contributed by atoms with Crippen LogP contribution in [0.2, 0.25) is 0 Å². The van der Waals surface area contributed by atoms with Gasteiger partial charge in [-0.3, -0.25) is 9.59 Å². The van der Waals surface area contributed by atoms with Crippen LogP contribution in [-0.2, 0) is 9.59 Å². The predicted molar refractivity (Wildman–Crippen MR) is 75.2 cm³/mol. The molecule has 0 spiro atoms. The van der Waals surface area contributed by atoms with Crippen LogP contribution < -0.4 is 0 Å². The van der Waals surface area contributed by atoms with Crippen molar-refractivity contribution < 1.29 is 19.8 Å². The number of hydrogen-bond acceptors (Lipinski definition) is 4. The fourth-order valence-corrected chi connectivity index (χ4v) is 5.73. The van der Waals surface area contributed by atoms with Crippen LogP contribution in [0.15, 0.2) is 0 Å². The summed E-state index contributed by atoms with van der Waals surface area (Å²) >= 11 is 2.84. The van der Waals surface area contributed by atoms with Gasteiger partial charge in [-0.05, 0) is 26.7 Å². The molecular formula is C12H20O4S2. The van der Waals surface area contributed by atoms with Gasteiger partial charge in [0.15, 0.2) is 0 Å². The highest BCUT2D eigenvalue weighted by Gasteiger charge is 2.39. The maximum Gasteiger partial charge on any atom is 0.316 e. The fourth-order valence-electron chi connectivity index (χ4n) is 2.10. The number of carboxylic acid groups (broad SMARTS) is 2. The molecule has 104 valence electrons. The van der Waals surface area contributed by atoms with Crippen molar-refractivity contribution >= 4 is 35.5 Å². The van der Waals surface area contributed by atoms with E-state index < -0.39 is 22.4 Å². The van der Waals surface area contributed by atoms with Crippen LogP contribution in [0.3, 0.4) is 0 Å². The standard InChI is InChI=1S/C12H20O4S2/c1-8(10(13)14)17-12(6-4-3-5-7-12)18-9(2)11(15)16/h8-9H,3-7H2,1-2H3,(H,13,14)(H,15,16). The molecule has 0 aliphatic heterocycles. The van der Waals surface area contributed by atoms with Gasteiger partial charge in [0.2, 0.25) is 0 Å². The molecule has 2 unspecified atom stereocenters. The first kappa shape index (κ1) is 15.7. The van der Waals surface area contributed by atoms with Crippen molar-refractivity contribution in [2.75, 3.05) is 0 Å². The summed E-state index contributed by atoms with van der Waals surface area (Å²) in [6, 6.07) is 0. The van der Waals surface area contributed by atoms with E-state index in [0.717, 1.165) is 32.1 Å². The van der Waals surface area contributed by atoms with Gasteiger partial charge in [0.1, 0.15) is 10.5 Å². The summed E-state index contributed by atoms with van der Waals surface area (Å²) in [5.74, 6) is -1.65. The molecule has 1 saturated carbocycles. The Labute approximate surface area is 116 Å². The first-order valence-corrected chi connectivity index (χ1v) is 7.93. The lowest BCUT2D eigenvalue weighted by molar-refractivity contribution is -0.137. The van der Waals surface area contributed by atoms with Crippen LogP contribution in [0, 0.1) is 0 Å². The maximum absolute atomic E-state index is 11.0. The van der Waals surface area contributed by atoms with E-state index in [0.29, 0.717) is 0 Å². The minimum absolute atomic E-state index is 0.242. The Balaban J connectivity index is 2.74. The zero-order chi connectivity index (χ0) is 13.8. The van der Waals surface area contributed by atoms with Crippen LogP contribution in [0.4, 0.5) is 0 Å². The lowest BCUT2D eigenvalue weighted by Crippen LogP contribution is -2.32. The molecule has 18 heavy (non-hydrogen) atoms. The zero-order valence-electron chi connectivity index (χ0n) is 10.7. The Morgan fingerprint density at radius 3 is 1.67 bits per heavy atom. The van der Waals surface area contributed by atoms with E-state index >= 15 is 0 Å². The van der Waals surface area contributed by atoms with E-state index in [2.05, 4.69) is 0 Å². The van der Waals surface area contributed by atoms with E-state index in [4.69, 9.17) is 10.2 Å². The van der Waals surface area contributed by atoms with Crippen LogP contribution >= 0.6 is 23.5 Å². The van der Waals surface area contributed by atoms with Gasteiger partial charge in [0, 0.05) is 0 Å². The molecule has 0 aromatic heterocycles. The summed E-state index contributed by atoms with van der Waals surface area (Å²) < 4.78 is -0.242. The number of carbonyl (C=O) groups is 2. The van der Waals surface area contributed by atoms with Gasteiger partial charge in [-0.15, -0.1) is 23.5 Å². The molecule has 1 aliphatic rings. The fraction of sp³-hybridized carbons (Fsp3) is 0.833. The highest BCUT2D eigenvalue weighted by Crippen LogP contribution is 2.51. The minimum atomic E-state index is -0.825. The van der Waals surface area contributed by atoms with Crippen molar-refractivity contribution in [3.05, 3.63) is 0 Å². The topological polar surface area (TPSA) is 74.6 Å². The van der Waals surface area contributed by atoms with Crippen LogP contribution in [0.1, 0.15) is 46.0 Å². The van der Waals surface area contributed by atoms with E-state index in [9.17, 15) is 9.59 Å². The number of hydrogen-bond donors (Lipinski definition) is 2. The second kappa shape index (κ2) is 6.70. The summed E-state index contributed by atoms with van der Waals surface area (Å²) in [7, 11) is 0. The minimum Gasteiger partial charge on any atom is -0.480 e. The molecule has 0 bridgehead atoms. The maximum atomic E-state index is 11.0. The Hall–Kier alpha value is -0.360. The first-order valence-electron chi connectivity index (χ1n) is 6.17. The highest BCUT2D eigenvalue weighted by molar-refractivity contribution is 8.19.